The van der Waals surface area contributed by atoms with E-state index in [4.69, 9.17) is 0 Å². The molecule has 1 atom stereocenters. The molecule has 0 spiro atoms. The summed E-state index contributed by atoms with van der Waals surface area (Å²) in [5.74, 6) is -0.841. The van der Waals surface area contributed by atoms with Gasteiger partial charge in [0, 0.05) is 6.54 Å². The average molecular weight is 257 g/mol. The van der Waals surface area contributed by atoms with Crippen LogP contribution in [0.5, 0.6) is 0 Å². The SMILES string of the molecule is O=C1C(c2ccccc2)CCCN1CC(F)(F)F. The lowest BCUT2D eigenvalue weighted by molar-refractivity contribution is -0.164. The van der Waals surface area contributed by atoms with E-state index < -0.39 is 24.5 Å². The quantitative estimate of drug-likeness (QED) is 0.797. The highest BCUT2D eigenvalue weighted by molar-refractivity contribution is 5.84. The molecule has 0 aromatic heterocycles. The minimum atomic E-state index is -4.33. The van der Waals surface area contributed by atoms with Crippen LogP contribution in [-0.2, 0) is 4.79 Å². The fourth-order valence-corrected chi connectivity index (χ4v) is 2.31. The summed E-state index contributed by atoms with van der Waals surface area (Å²) >= 11 is 0. The largest absolute Gasteiger partial charge is 0.406 e. The monoisotopic (exact) mass is 257 g/mol. The fraction of sp³-hybridized carbons (Fsp3) is 0.462. The summed E-state index contributed by atoms with van der Waals surface area (Å²) in [6, 6.07) is 9.00. The number of benzene rings is 1. The number of amides is 1. The van der Waals surface area contributed by atoms with E-state index in [0.717, 1.165) is 10.5 Å². The lowest BCUT2D eigenvalue weighted by Gasteiger charge is -2.33. The molecular formula is C13H14F3NO. The van der Waals surface area contributed by atoms with E-state index >= 15 is 0 Å². The van der Waals surface area contributed by atoms with Crippen LogP contribution in [0.15, 0.2) is 30.3 Å². The summed E-state index contributed by atoms with van der Waals surface area (Å²) < 4.78 is 37.0. The molecule has 1 amide bonds. The number of alkyl halides is 3. The Labute approximate surface area is 103 Å². The molecule has 0 aliphatic carbocycles. The molecule has 0 bridgehead atoms. The number of hydrogen-bond donors (Lipinski definition) is 0. The van der Waals surface area contributed by atoms with Gasteiger partial charge in [-0.15, -0.1) is 0 Å². The standard InChI is InChI=1S/C13H14F3NO/c14-13(15,16)9-17-8-4-7-11(12(17)18)10-5-2-1-3-6-10/h1-3,5-6,11H,4,7-9H2. The fourth-order valence-electron chi connectivity index (χ4n) is 2.31. The summed E-state index contributed by atoms with van der Waals surface area (Å²) in [7, 11) is 0. The Bertz CT molecular complexity index is 416. The Balaban J connectivity index is 2.12. The van der Waals surface area contributed by atoms with Gasteiger partial charge < -0.3 is 4.90 Å². The van der Waals surface area contributed by atoms with Crippen LogP contribution in [0.4, 0.5) is 13.2 Å². The van der Waals surface area contributed by atoms with Crippen LogP contribution in [-0.4, -0.2) is 30.1 Å². The predicted molar refractivity (Wildman–Crippen MR) is 61.1 cm³/mol. The molecule has 1 saturated heterocycles. The molecule has 1 unspecified atom stereocenters. The first kappa shape index (κ1) is 12.9. The van der Waals surface area contributed by atoms with E-state index in [2.05, 4.69) is 0 Å². The van der Waals surface area contributed by atoms with E-state index in [1.54, 1.807) is 24.3 Å². The van der Waals surface area contributed by atoms with Crippen molar-refractivity contribution < 1.29 is 18.0 Å². The van der Waals surface area contributed by atoms with E-state index in [1.165, 1.54) is 0 Å². The van der Waals surface area contributed by atoms with Crippen molar-refractivity contribution >= 4 is 5.91 Å². The molecular weight excluding hydrogens is 243 g/mol. The number of carbonyl (C=O) groups is 1. The molecule has 1 aromatic rings. The molecule has 0 N–H and O–H groups in total. The Morgan fingerprint density at radius 1 is 1.22 bits per heavy atom. The number of hydrogen-bond acceptors (Lipinski definition) is 1. The first-order chi connectivity index (χ1) is 8.47. The van der Waals surface area contributed by atoms with Gasteiger partial charge >= 0.3 is 6.18 Å². The number of nitrogens with zero attached hydrogens (tertiary/aromatic N) is 1. The molecule has 1 aliphatic heterocycles. The minimum Gasteiger partial charge on any atom is -0.333 e. The van der Waals surface area contributed by atoms with Crippen LogP contribution in [0.25, 0.3) is 0 Å². The normalized spacial score (nSPS) is 21.2. The van der Waals surface area contributed by atoms with Gasteiger partial charge in [-0.3, -0.25) is 4.79 Å². The van der Waals surface area contributed by atoms with Crippen molar-refractivity contribution in [3.05, 3.63) is 35.9 Å². The Morgan fingerprint density at radius 3 is 2.50 bits per heavy atom. The topological polar surface area (TPSA) is 20.3 Å². The summed E-state index contributed by atoms with van der Waals surface area (Å²) in [6.45, 7) is -0.948. The maximum absolute atomic E-state index is 12.3. The van der Waals surface area contributed by atoms with E-state index in [-0.39, 0.29) is 6.54 Å². The van der Waals surface area contributed by atoms with E-state index in [1.807, 2.05) is 6.07 Å². The molecule has 98 valence electrons. The molecule has 1 fully saturated rings. The second-order valence-electron chi connectivity index (χ2n) is 4.48. The van der Waals surface area contributed by atoms with Gasteiger partial charge in [0.2, 0.25) is 5.91 Å². The Morgan fingerprint density at radius 2 is 1.89 bits per heavy atom. The smallest absolute Gasteiger partial charge is 0.333 e. The third-order valence-electron chi connectivity index (χ3n) is 3.10. The van der Waals surface area contributed by atoms with Gasteiger partial charge in [0.15, 0.2) is 0 Å². The van der Waals surface area contributed by atoms with E-state index in [0.29, 0.717) is 12.8 Å². The summed E-state index contributed by atoms with van der Waals surface area (Å²) in [4.78, 5) is 12.9. The van der Waals surface area contributed by atoms with Crippen LogP contribution in [0, 0.1) is 0 Å². The molecule has 1 aliphatic rings. The average Bonchev–Trinajstić information content (AvgIpc) is 2.31. The van der Waals surface area contributed by atoms with Crippen LogP contribution < -0.4 is 0 Å². The van der Waals surface area contributed by atoms with Gasteiger partial charge in [-0.2, -0.15) is 13.2 Å². The number of halogens is 3. The third-order valence-corrected chi connectivity index (χ3v) is 3.10. The van der Waals surface area contributed by atoms with Crippen molar-refractivity contribution in [2.75, 3.05) is 13.1 Å². The summed E-state index contributed by atoms with van der Waals surface area (Å²) in [5, 5.41) is 0. The van der Waals surface area contributed by atoms with Crippen molar-refractivity contribution in [3.8, 4) is 0 Å². The van der Waals surface area contributed by atoms with Crippen molar-refractivity contribution in [2.45, 2.75) is 24.9 Å². The number of carbonyl (C=O) groups excluding carboxylic acids is 1. The zero-order chi connectivity index (χ0) is 13.2. The molecule has 1 aromatic carbocycles. The van der Waals surface area contributed by atoms with Crippen LogP contribution >= 0.6 is 0 Å². The van der Waals surface area contributed by atoms with Gasteiger partial charge in [-0.1, -0.05) is 30.3 Å². The lowest BCUT2D eigenvalue weighted by Crippen LogP contribution is -2.44. The van der Waals surface area contributed by atoms with Crippen molar-refractivity contribution in [1.29, 1.82) is 0 Å². The Kier molecular flexibility index (Phi) is 3.59. The predicted octanol–water partition coefficient (Wildman–Crippen LogP) is 2.95. The van der Waals surface area contributed by atoms with Gasteiger partial charge in [-0.25, -0.2) is 0 Å². The first-order valence-corrected chi connectivity index (χ1v) is 5.88. The molecule has 0 radical (unpaired) electrons. The zero-order valence-electron chi connectivity index (χ0n) is 9.78. The third kappa shape index (κ3) is 3.03. The lowest BCUT2D eigenvalue weighted by atomic mass is 9.90. The summed E-state index contributed by atoms with van der Waals surface area (Å²) in [6.07, 6.45) is -3.09. The van der Waals surface area contributed by atoms with E-state index in [9.17, 15) is 18.0 Å². The molecule has 2 nitrogen and oxygen atoms in total. The highest BCUT2D eigenvalue weighted by Crippen LogP contribution is 2.29. The molecule has 18 heavy (non-hydrogen) atoms. The highest BCUT2D eigenvalue weighted by atomic mass is 19.4. The van der Waals surface area contributed by atoms with Crippen LogP contribution in [0.2, 0.25) is 0 Å². The summed E-state index contributed by atoms with van der Waals surface area (Å²) in [5.41, 5.74) is 0.800. The molecule has 0 saturated carbocycles. The minimum absolute atomic E-state index is 0.196. The van der Waals surface area contributed by atoms with Gasteiger partial charge in [0.05, 0.1) is 5.92 Å². The van der Waals surface area contributed by atoms with Crippen LogP contribution in [0.3, 0.4) is 0 Å². The maximum Gasteiger partial charge on any atom is 0.406 e. The highest BCUT2D eigenvalue weighted by Gasteiger charge is 2.37. The number of likely N-dealkylation sites (tertiary alicyclic amines) is 1. The van der Waals surface area contributed by atoms with Gasteiger partial charge in [0.25, 0.3) is 0 Å². The van der Waals surface area contributed by atoms with Gasteiger partial charge in [-0.05, 0) is 18.4 Å². The first-order valence-electron chi connectivity index (χ1n) is 5.88. The molecule has 2 rings (SSSR count). The van der Waals surface area contributed by atoms with Crippen molar-refractivity contribution in [2.24, 2.45) is 0 Å². The van der Waals surface area contributed by atoms with Gasteiger partial charge in [0.1, 0.15) is 6.54 Å². The maximum atomic E-state index is 12.3. The number of piperidine rings is 1. The molecule has 5 heteroatoms. The molecule has 1 heterocycles. The van der Waals surface area contributed by atoms with Crippen LogP contribution in [0.1, 0.15) is 24.3 Å². The zero-order valence-corrected chi connectivity index (χ0v) is 9.78. The second-order valence-corrected chi connectivity index (χ2v) is 4.48. The second kappa shape index (κ2) is 5.00. The van der Waals surface area contributed by atoms with Crippen molar-refractivity contribution in [3.63, 3.8) is 0 Å². The van der Waals surface area contributed by atoms with Crippen molar-refractivity contribution in [1.82, 2.24) is 4.90 Å². The Hall–Kier alpha value is -1.52. The number of rotatable bonds is 2.